The molecule has 4 aliphatic rings. The number of hydrogen-bond acceptors (Lipinski definition) is 4. The van der Waals surface area contributed by atoms with Gasteiger partial charge in [-0.05, 0) is 91.3 Å². The summed E-state index contributed by atoms with van der Waals surface area (Å²) in [5.41, 5.74) is 0.0426. The van der Waals surface area contributed by atoms with E-state index in [2.05, 4.69) is 32.9 Å². The standard InChI is InChI=1S/C25H40O4/c1-15(8-11-22(28)29-4)17-9-10-18-23-19(14-21(27)25(17,18)3)24(2)12-6-5-7-16(24)13-20(23)26/h5-6,15-21,23,26-27H,7-14H2,1-4H3/t15-,16+,17-,18+,19+,20-,21+,23+,24+,25-/m0/s1. The van der Waals surface area contributed by atoms with E-state index in [1.165, 1.54) is 7.11 Å². The van der Waals surface area contributed by atoms with Gasteiger partial charge in [-0.1, -0.05) is 32.9 Å². The van der Waals surface area contributed by atoms with Crippen LogP contribution in [0.2, 0.25) is 0 Å². The predicted octanol–water partition coefficient (Wildman–Crippen LogP) is 4.34. The van der Waals surface area contributed by atoms with Crippen LogP contribution in [0.3, 0.4) is 0 Å². The van der Waals surface area contributed by atoms with Gasteiger partial charge in [0.15, 0.2) is 0 Å². The van der Waals surface area contributed by atoms with E-state index in [9.17, 15) is 15.0 Å². The number of rotatable bonds is 4. The Kier molecular flexibility index (Phi) is 5.65. The lowest BCUT2D eigenvalue weighted by Gasteiger charge is -2.62. The fraction of sp³-hybridized carbons (Fsp3) is 0.880. The fourth-order valence-corrected chi connectivity index (χ4v) is 8.38. The number of allylic oxidation sites excluding steroid dienone is 2. The molecule has 0 aromatic carbocycles. The van der Waals surface area contributed by atoms with E-state index in [0.717, 1.165) is 44.9 Å². The number of ether oxygens (including phenoxy) is 1. The molecule has 4 aliphatic carbocycles. The lowest BCUT2D eigenvalue weighted by molar-refractivity contribution is -0.194. The smallest absolute Gasteiger partial charge is 0.305 e. The largest absolute Gasteiger partial charge is 0.469 e. The Bertz CT molecular complexity index is 659. The maximum atomic E-state index is 11.6. The lowest BCUT2D eigenvalue weighted by atomic mass is 9.43. The molecular weight excluding hydrogens is 364 g/mol. The number of esters is 1. The summed E-state index contributed by atoms with van der Waals surface area (Å²) in [7, 11) is 1.45. The minimum atomic E-state index is -0.324. The molecule has 164 valence electrons. The van der Waals surface area contributed by atoms with Crippen molar-refractivity contribution < 1.29 is 19.7 Å². The zero-order chi connectivity index (χ0) is 21.0. The van der Waals surface area contributed by atoms with E-state index in [4.69, 9.17) is 4.74 Å². The number of fused-ring (bicyclic) bond motifs is 5. The first-order valence-corrected chi connectivity index (χ1v) is 11.8. The molecule has 0 aromatic heterocycles. The Labute approximate surface area is 176 Å². The highest BCUT2D eigenvalue weighted by Gasteiger charge is 2.65. The SMILES string of the molecule is COC(=O)CC[C@H](C)[C@@H]1CC[C@@H]2[C@@H]3[C@@H](C[C@@H](O)[C@]21C)[C@]1(C)CC=CC[C@@H]1C[C@@H]3O. The van der Waals surface area contributed by atoms with Crippen LogP contribution in [0.4, 0.5) is 0 Å². The van der Waals surface area contributed by atoms with Gasteiger partial charge < -0.3 is 14.9 Å². The summed E-state index contributed by atoms with van der Waals surface area (Å²) < 4.78 is 4.84. The van der Waals surface area contributed by atoms with Gasteiger partial charge in [-0.25, -0.2) is 0 Å². The molecule has 4 rings (SSSR count). The molecule has 29 heavy (non-hydrogen) atoms. The second-order valence-electron chi connectivity index (χ2n) is 11.1. The minimum absolute atomic E-state index is 0.146. The van der Waals surface area contributed by atoms with E-state index in [1.807, 2.05) is 0 Å². The molecule has 4 heteroatoms. The van der Waals surface area contributed by atoms with E-state index < -0.39 is 0 Å². The van der Waals surface area contributed by atoms with Gasteiger partial charge >= 0.3 is 5.97 Å². The van der Waals surface area contributed by atoms with E-state index in [1.54, 1.807) is 0 Å². The summed E-state index contributed by atoms with van der Waals surface area (Å²) in [6.45, 7) is 6.94. The highest BCUT2D eigenvalue weighted by atomic mass is 16.5. The van der Waals surface area contributed by atoms with E-state index in [0.29, 0.717) is 41.9 Å². The second kappa shape index (κ2) is 7.67. The number of hydrogen-bond donors (Lipinski definition) is 2. The summed E-state index contributed by atoms with van der Waals surface area (Å²) in [5.74, 6) is 2.24. The van der Waals surface area contributed by atoms with E-state index in [-0.39, 0.29) is 29.0 Å². The van der Waals surface area contributed by atoms with Gasteiger partial charge in [-0.15, -0.1) is 0 Å². The van der Waals surface area contributed by atoms with Crippen LogP contribution in [0, 0.1) is 46.3 Å². The quantitative estimate of drug-likeness (QED) is 0.540. The molecule has 4 nitrogen and oxygen atoms in total. The lowest BCUT2D eigenvalue weighted by Crippen LogP contribution is -2.61. The van der Waals surface area contributed by atoms with Crippen molar-refractivity contribution in [2.75, 3.05) is 7.11 Å². The van der Waals surface area contributed by atoms with Crippen LogP contribution in [0.25, 0.3) is 0 Å². The number of carbonyl (C=O) groups excluding carboxylic acids is 1. The third-order valence-corrected chi connectivity index (χ3v) is 10.1. The van der Waals surface area contributed by atoms with Crippen LogP contribution in [-0.4, -0.2) is 35.5 Å². The van der Waals surface area contributed by atoms with Gasteiger partial charge in [0, 0.05) is 6.42 Å². The molecule has 0 amide bonds. The van der Waals surface area contributed by atoms with Crippen molar-refractivity contribution in [3.05, 3.63) is 12.2 Å². The third kappa shape index (κ3) is 3.20. The van der Waals surface area contributed by atoms with Gasteiger partial charge in [0.05, 0.1) is 19.3 Å². The van der Waals surface area contributed by atoms with Crippen molar-refractivity contribution in [3.8, 4) is 0 Å². The van der Waals surface area contributed by atoms with Crippen LogP contribution in [0.1, 0.15) is 72.1 Å². The summed E-state index contributed by atoms with van der Waals surface area (Å²) in [6, 6.07) is 0. The predicted molar refractivity (Wildman–Crippen MR) is 113 cm³/mol. The summed E-state index contributed by atoms with van der Waals surface area (Å²) in [5, 5.41) is 22.8. The Balaban J connectivity index is 1.59. The molecule has 0 radical (unpaired) electrons. The molecule has 0 spiro atoms. The van der Waals surface area contributed by atoms with E-state index >= 15 is 0 Å². The molecule has 0 bridgehead atoms. The van der Waals surface area contributed by atoms with Crippen LogP contribution in [0.15, 0.2) is 12.2 Å². The Morgan fingerprint density at radius 1 is 1.17 bits per heavy atom. The Hall–Kier alpha value is -0.870. The maximum absolute atomic E-state index is 11.6. The first kappa shape index (κ1) is 21.4. The van der Waals surface area contributed by atoms with Crippen molar-refractivity contribution in [2.45, 2.75) is 84.3 Å². The highest BCUT2D eigenvalue weighted by Crippen LogP contribution is 2.67. The van der Waals surface area contributed by atoms with Crippen molar-refractivity contribution in [1.29, 1.82) is 0 Å². The highest BCUT2D eigenvalue weighted by molar-refractivity contribution is 5.69. The van der Waals surface area contributed by atoms with Crippen LogP contribution >= 0.6 is 0 Å². The van der Waals surface area contributed by atoms with Crippen molar-refractivity contribution in [1.82, 2.24) is 0 Å². The molecular formula is C25H40O4. The minimum Gasteiger partial charge on any atom is -0.469 e. The van der Waals surface area contributed by atoms with Crippen LogP contribution in [0.5, 0.6) is 0 Å². The molecule has 3 fully saturated rings. The molecule has 0 saturated heterocycles. The third-order valence-electron chi connectivity index (χ3n) is 10.1. The van der Waals surface area contributed by atoms with Gasteiger partial charge in [0.2, 0.25) is 0 Å². The molecule has 0 unspecified atom stereocenters. The van der Waals surface area contributed by atoms with Crippen molar-refractivity contribution in [3.63, 3.8) is 0 Å². The Morgan fingerprint density at radius 2 is 1.93 bits per heavy atom. The summed E-state index contributed by atoms with van der Waals surface area (Å²) in [6.07, 6.45) is 11.4. The molecule has 0 aliphatic heterocycles. The first-order chi connectivity index (χ1) is 13.7. The van der Waals surface area contributed by atoms with Gasteiger partial charge in [0.1, 0.15) is 0 Å². The molecule has 3 saturated carbocycles. The summed E-state index contributed by atoms with van der Waals surface area (Å²) in [4.78, 5) is 11.6. The number of aliphatic hydroxyl groups is 2. The molecule has 10 atom stereocenters. The molecule has 2 N–H and O–H groups in total. The topological polar surface area (TPSA) is 66.8 Å². The zero-order valence-electron chi connectivity index (χ0n) is 18.6. The Morgan fingerprint density at radius 3 is 2.66 bits per heavy atom. The van der Waals surface area contributed by atoms with Gasteiger partial charge in [-0.2, -0.15) is 0 Å². The molecule has 0 heterocycles. The average Bonchev–Trinajstić information content (AvgIpc) is 3.05. The molecule has 0 aromatic rings. The van der Waals surface area contributed by atoms with Crippen molar-refractivity contribution >= 4 is 5.97 Å². The van der Waals surface area contributed by atoms with Crippen LogP contribution < -0.4 is 0 Å². The van der Waals surface area contributed by atoms with Crippen molar-refractivity contribution in [2.24, 2.45) is 46.3 Å². The van der Waals surface area contributed by atoms with Gasteiger partial charge in [0.25, 0.3) is 0 Å². The fourth-order valence-electron chi connectivity index (χ4n) is 8.38. The number of methoxy groups -OCH3 is 1. The normalized spacial score (nSPS) is 49.7. The number of carbonyl (C=O) groups is 1. The number of aliphatic hydroxyl groups excluding tert-OH is 2. The zero-order valence-corrected chi connectivity index (χ0v) is 18.6. The monoisotopic (exact) mass is 404 g/mol. The van der Waals surface area contributed by atoms with Gasteiger partial charge in [-0.3, -0.25) is 4.79 Å². The maximum Gasteiger partial charge on any atom is 0.305 e. The van der Waals surface area contributed by atoms with Crippen LogP contribution in [-0.2, 0) is 9.53 Å². The first-order valence-electron chi connectivity index (χ1n) is 11.8. The summed E-state index contributed by atoms with van der Waals surface area (Å²) >= 11 is 0. The average molecular weight is 405 g/mol. The second-order valence-corrected chi connectivity index (χ2v) is 11.1.